The van der Waals surface area contributed by atoms with Crippen molar-refractivity contribution < 1.29 is 19.1 Å². The number of nitrogens with one attached hydrogen (secondary N) is 1. The van der Waals surface area contributed by atoms with Gasteiger partial charge in [0, 0.05) is 41.2 Å². The molecule has 29 heavy (non-hydrogen) atoms. The highest BCUT2D eigenvalue weighted by Crippen LogP contribution is 2.22. The molecule has 1 aromatic heterocycles. The second kappa shape index (κ2) is 8.73. The third-order valence-electron chi connectivity index (χ3n) is 4.83. The summed E-state index contributed by atoms with van der Waals surface area (Å²) in [6.45, 7) is 3.53. The van der Waals surface area contributed by atoms with Crippen molar-refractivity contribution in [1.82, 2.24) is 9.88 Å². The van der Waals surface area contributed by atoms with E-state index in [1.807, 2.05) is 24.3 Å². The summed E-state index contributed by atoms with van der Waals surface area (Å²) in [6.07, 6.45) is 4.54. The van der Waals surface area contributed by atoms with E-state index >= 15 is 0 Å². The van der Waals surface area contributed by atoms with Crippen molar-refractivity contribution in [2.24, 2.45) is 0 Å². The van der Waals surface area contributed by atoms with Gasteiger partial charge in [0.1, 0.15) is 11.9 Å². The van der Waals surface area contributed by atoms with E-state index in [9.17, 15) is 19.1 Å². The second-order valence-electron chi connectivity index (χ2n) is 7.11. The number of carboxylic acids is 1. The molecule has 5 nitrogen and oxygen atoms in total. The number of hydrogen-bond donors (Lipinski definition) is 2. The van der Waals surface area contributed by atoms with Gasteiger partial charge in [0.15, 0.2) is 0 Å². The maximum Gasteiger partial charge on any atom is 0.326 e. The number of rotatable bonds is 7. The summed E-state index contributed by atoms with van der Waals surface area (Å²) >= 11 is 0. The summed E-state index contributed by atoms with van der Waals surface area (Å²) in [4.78, 5) is 29.4. The lowest BCUT2D eigenvalue weighted by atomic mass is 10.0. The summed E-state index contributed by atoms with van der Waals surface area (Å²) in [7, 11) is 0. The lowest BCUT2D eigenvalue weighted by Crippen LogP contribution is -2.49. The molecule has 3 rings (SSSR count). The third kappa shape index (κ3) is 4.54. The van der Waals surface area contributed by atoms with Crippen molar-refractivity contribution in [3.8, 4) is 0 Å². The first kappa shape index (κ1) is 20.3. The minimum absolute atomic E-state index is 0.163. The Morgan fingerprint density at radius 1 is 1.14 bits per heavy atom. The number of halogens is 1. The first-order valence-corrected chi connectivity index (χ1v) is 9.41. The molecule has 0 aliphatic heterocycles. The van der Waals surface area contributed by atoms with Gasteiger partial charge >= 0.3 is 5.97 Å². The van der Waals surface area contributed by atoms with Crippen LogP contribution in [0.5, 0.6) is 0 Å². The number of carbonyl (C=O) groups is 2. The van der Waals surface area contributed by atoms with Crippen LogP contribution in [0.1, 0.15) is 25.0 Å². The van der Waals surface area contributed by atoms with Crippen LogP contribution in [0.25, 0.3) is 17.0 Å². The van der Waals surface area contributed by atoms with Gasteiger partial charge in [-0.1, -0.05) is 36.4 Å². The van der Waals surface area contributed by atoms with Crippen LogP contribution in [-0.4, -0.2) is 39.0 Å². The average Bonchev–Trinajstić information content (AvgIpc) is 3.09. The van der Waals surface area contributed by atoms with E-state index in [-0.39, 0.29) is 18.0 Å². The Hall–Kier alpha value is -3.41. The molecule has 2 aromatic carbocycles. The Balaban J connectivity index is 1.88. The molecule has 150 valence electrons. The van der Waals surface area contributed by atoms with Crippen LogP contribution in [0.3, 0.4) is 0 Å². The van der Waals surface area contributed by atoms with Crippen molar-refractivity contribution in [3.05, 3.63) is 77.7 Å². The smallest absolute Gasteiger partial charge is 0.326 e. The van der Waals surface area contributed by atoms with E-state index in [2.05, 4.69) is 4.98 Å². The molecule has 1 atom stereocenters. The maximum absolute atomic E-state index is 13.8. The van der Waals surface area contributed by atoms with Crippen LogP contribution in [0, 0.1) is 5.82 Å². The zero-order valence-electron chi connectivity index (χ0n) is 16.3. The van der Waals surface area contributed by atoms with Gasteiger partial charge in [-0.2, -0.15) is 0 Å². The topological polar surface area (TPSA) is 73.4 Å². The molecular formula is C23H23FN2O3. The van der Waals surface area contributed by atoms with Crippen LogP contribution in [0.2, 0.25) is 0 Å². The van der Waals surface area contributed by atoms with Crippen molar-refractivity contribution in [2.45, 2.75) is 32.4 Å². The quantitative estimate of drug-likeness (QED) is 0.588. The molecule has 0 saturated heterocycles. The largest absolute Gasteiger partial charge is 0.480 e. The lowest BCUT2D eigenvalue weighted by molar-refractivity contribution is -0.149. The predicted molar refractivity (Wildman–Crippen MR) is 111 cm³/mol. The lowest BCUT2D eigenvalue weighted by Gasteiger charge is -2.31. The molecule has 0 unspecified atom stereocenters. The Morgan fingerprint density at radius 2 is 1.83 bits per heavy atom. The maximum atomic E-state index is 13.8. The first-order valence-electron chi connectivity index (χ1n) is 9.41. The number of aromatic nitrogens is 1. The molecule has 0 spiro atoms. The summed E-state index contributed by atoms with van der Waals surface area (Å²) in [5.41, 5.74) is 2.01. The highest BCUT2D eigenvalue weighted by molar-refractivity contribution is 5.95. The summed E-state index contributed by atoms with van der Waals surface area (Å²) in [5, 5.41) is 10.8. The van der Waals surface area contributed by atoms with Crippen molar-refractivity contribution in [1.29, 1.82) is 0 Å². The van der Waals surface area contributed by atoms with Crippen LogP contribution < -0.4 is 0 Å². The Labute approximate surface area is 168 Å². The van der Waals surface area contributed by atoms with E-state index in [0.717, 1.165) is 16.5 Å². The Kier molecular flexibility index (Phi) is 6.12. The number of H-pyrrole nitrogens is 1. The molecule has 0 fully saturated rings. The first-order chi connectivity index (χ1) is 13.9. The molecule has 1 heterocycles. The standard InChI is InChI=1S/C23H23FN2O3/c1-15(2)26(22(27)12-11-16-7-3-5-9-19(16)24)21(23(28)29)13-17-14-25-20-10-6-4-8-18(17)20/h3-12,14-15,21,25H,13H2,1-2H3,(H,28,29)/t21-/m0/s1. The molecule has 0 radical (unpaired) electrons. The highest BCUT2D eigenvalue weighted by Gasteiger charge is 2.31. The number of para-hydroxylation sites is 1. The molecule has 0 aliphatic rings. The summed E-state index contributed by atoms with van der Waals surface area (Å²) in [6, 6.07) is 12.3. The number of amides is 1. The predicted octanol–water partition coefficient (Wildman–Crippen LogP) is 4.25. The van der Waals surface area contributed by atoms with E-state index in [0.29, 0.717) is 0 Å². The van der Waals surface area contributed by atoms with Crippen LogP contribution in [0.4, 0.5) is 4.39 Å². The zero-order valence-corrected chi connectivity index (χ0v) is 16.3. The number of aliphatic carboxylic acids is 1. The number of aromatic amines is 1. The Morgan fingerprint density at radius 3 is 2.52 bits per heavy atom. The van der Waals surface area contributed by atoms with Gasteiger partial charge in [-0.05, 0) is 37.6 Å². The van der Waals surface area contributed by atoms with Gasteiger partial charge in [0.2, 0.25) is 5.91 Å². The SMILES string of the molecule is CC(C)N(C(=O)C=Cc1ccccc1F)[C@@H](Cc1c[nH]c2ccccc12)C(=O)O. The monoisotopic (exact) mass is 394 g/mol. The van der Waals surface area contributed by atoms with E-state index in [1.54, 1.807) is 38.2 Å². The van der Waals surface area contributed by atoms with Crippen molar-refractivity contribution in [3.63, 3.8) is 0 Å². The van der Waals surface area contributed by atoms with Gasteiger partial charge in [0.05, 0.1) is 0 Å². The fraction of sp³-hybridized carbons (Fsp3) is 0.217. The summed E-state index contributed by atoms with van der Waals surface area (Å²) in [5.74, 6) is -2.01. The molecule has 0 saturated carbocycles. The Bertz CT molecular complexity index is 1050. The third-order valence-corrected chi connectivity index (χ3v) is 4.83. The molecule has 3 aromatic rings. The number of carboxylic acid groups (broad SMARTS) is 1. The van der Waals surface area contributed by atoms with Gasteiger partial charge in [-0.15, -0.1) is 0 Å². The number of fused-ring (bicyclic) bond motifs is 1. The molecule has 0 bridgehead atoms. The van der Waals surface area contributed by atoms with E-state index in [1.165, 1.54) is 23.1 Å². The van der Waals surface area contributed by atoms with E-state index in [4.69, 9.17) is 0 Å². The zero-order chi connectivity index (χ0) is 21.0. The fourth-order valence-electron chi connectivity index (χ4n) is 3.44. The minimum atomic E-state index is -1.09. The summed E-state index contributed by atoms with van der Waals surface area (Å²) < 4.78 is 13.8. The minimum Gasteiger partial charge on any atom is -0.480 e. The highest BCUT2D eigenvalue weighted by atomic mass is 19.1. The number of benzene rings is 2. The van der Waals surface area contributed by atoms with Crippen molar-refractivity contribution >= 4 is 28.9 Å². The van der Waals surface area contributed by atoms with Crippen molar-refractivity contribution in [2.75, 3.05) is 0 Å². The molecule has 2 N–H and O–H groups in total. The normalized spacial score (nSPS) is 12.6. The van der Waals surface area contributed by atoms with Crippen LogP contribution in [0.15, 0.2) is 60.8 Å². The van der Waals surface area contributed by atoms with Gasteiger partial charge in [-0.3, -0.25) is 4.79 Å². The number of nitrogens with zero attached hydrogens (tertiary/aromatic N) is 1. The molecular weight excluding hydrogens is 371 g/mol. The molecule has 0 aliphatic carbocycles. The molecule has 6 heteroatoms. The second-order valence-corrected chi connectivity index (χ2v) is 7.11. The number of carbonyl (C=O) groups excluding carboxylic acids is 1. The van der Waals surface area contributed by atoms with E-state index < -0.39 is 23.7 Å². The average molecular weight is 394 g/mol. The van der Waals surface area contributed by atoms with Crippen LogP contribution >= 0.6 is 0 Å². The van der Waals surface area contributed by atoms with Gasteiger partial charge in [-0.25, -0.2) is 9.18 Å². The van der Waals surface area contributed by atoms with Gasteiger partial charge in [0.25, 0.3) is 0 Å². The van der Waals surface area contributed by atoms with Gasteiger partial charge < -0.3 is 15.0 Å². The number of hydrogen-bond acceptors (Lipinski definition) is 2. The fourth-order valence-corrected chi connectivity index (χ4v) is 3.44. The molecule has 1 amide bonds. The van der Waals surface area contributed by atoms with Crippen LogP contribution in [-0.2, 0) is 16.0 Å².